The third-order valence-electron chi connectivity index (χ3n) is 4.31. The van der Waals surface area contributed by atoms with E-state index < -0.39 is 0 Å². The van der Waals surface area contributed by atoms with Gasteiger partial charge in [0.2, 0.25) is 0 Å². The minimum absolute atomic E-state index is 0.197. The fraction of sp³-hybridized carbons (Fsp3) is 0.600. The number of rotatable bonds is 6. The van der Waals surface area contributed by atoms with E-state index in [1.165, 1.54) is 31.2 Å². The maximum absolute atomic E-state index is 9.38. The SMILES string of the molecule is OCC1(CNC(c2ccc(Br)cc2)C2CC2)CC1. The van der Waals surface area contributed by atoms with E-state index in [0.29, 0.717) is 12.6 Å². The topological polar surface area (TPSA) is 32.3 Å². The van der Waals surface area contributed by atoms with E-state index in [9.17, 15) is 5.11 Å². The zero-order valence-electron chi connectivity index (χ0n) is 10.5. The molecular formula is C15H20BrNO. The normalized spacial score (nSPS) is 22.8. The predicted molar refractivity (Wildman–Crippen MR) is 76.4 cm³/mol. The van der Waals surface area contributed by atoms with Gasteiger partial charge in [-0.25, -0.2) is 0 Å². The number of aliphatic hydroxyl groups is 1. The summed E-state index contributed by atoms with van der Waals surface area (Å²) in [5.41, 5.74) is 1.58. The van der Waals surface area contributed by atoms with Crippen LogP contribution in [-0.2, 0) is 0 Å². The van der Waals surface area contributed by atoms with Crippen LogP contribution in [0.5, 0.6) is 0 Å². The molecule has 0 saturated heterocycles. The van der Waals surface area contributed by atoms with Crippen molar-refractivity contribution in [1.29, 1.82) is 0 Å². The van der Waals surface area contributed by atoms with Crippen LogP contribution in [0.3, 0.4) is 0 Å². The summed E-state index contributed by atoms with van der Waals surface area (Å²) in [5.74, 6) is 0.792. The van der Waals surface area contributed by atoms with Gasteiger partial charge in [-0.1, -0.05) is 28.1 Å². The average Bonchev–Trinajstić information content (AvgIpc) is 3.27. The Balaban J connectivity index is 1.66. The highest BCUT2D eigenvalue weighted by Gasteiger charge is 2.43. The summed E-state index contributed by atoms with van der Waals surface area (Å²) in [6, 6.07) is 9.12. The van der Waals surface area contributed by atoms with Gasteiger partial charge < -0.3 is 10.4 Å². The van der Waals surface area contributed by atoms with Gasteiger partial charge in [0.05, 0.1) is 0 Å². The van der Waals surface area contributed by atoms with Crippen molar-refractivity contribution in [3.8, 4) is 0 Å². The Labute approximate surface area is 117 Å². The van der Waals surface area contributed by atoms with Crippen molar-refractivity contribution in [1.82, 2.24) is 5.32 Å². The quantitative estimate of drug-likeness (QED) is 0.845. The van der Waals surface area contributed by atoms with E-state index in [2.05, 4.69) is 45.5 Å². The van der Waals surface area contributed by atoms with E-state index >= 15 is 0 Å². The maximum Gasteiger partial charge on any atom is 0.0499 e. The lowest BCUT2D eigenvalue weighted by Gasteiger charge is -2.22. The molecule has 0 bridgehead atoms. The van der Waals surface area contributed by atoms with Gasteiger partial charge in [0.1, 0.15) is 0 Å². The molecule has 2 nitrogen and oxygen atoms in total. The predicted octanol–water partition coefficient (Wildman–Crippen LogP) is 3.26. The Hall–Kier alpha value is -0.380. The molecule has 0 aromatic heterocycles. The minimum Gasteiger partial charge on any atom is -0.396 e. The monoisotopic (exact) mass is 309 g/mol. The van der Waals surface area contributed by atoms with Crippen molar-refractivity contribution in [2.75, 3.05) is 13.2 Å². The van der Waals surface area contributed by atoms with Gasteiger partial charge in [-0.2, -0.15) is 0 Å². The van der Waals surface area contributed by atoms with Crippen molar-refractivity contribution in [2.45, 2.75) is 31.7 Å². The number of hydrogen-bond donors (Lipinski definition) is 2. The van der Waals surface area contributed by atoms with Gasteiger partial charge >= 0.3 is 0 Å². The summed E-state index contributed by atoms with van der Waals surface area (Å²) >= 11 is 3.49. The first-order valence-electron chi connectivity index (χ1n) is 6.82. The molecule has 2 aliphatic carbocycles. The Morgan fingerprint density at radius 1 is 1.28 bits per heavy atom. The molecule has 2 N–H and O–H groups in total. The molecule has 2 fully saturated rings. The van der Waals surface area contributed by atoms with Crippen LogP contribution in [-0.4, -0.2) is 18.3 Å². The molecule has 3 rings (SSSR count). The van der Waals surface area contributed by atoms with Crippen LogP contribution in [0.2, 0.25) is 0 Å². The Morgan fingerprint density at radius 3 is 2.44 bits per heavy atom. The van der Waals surface area contributed by atoms with Crippen LogP contribution >= 0.6 is 15.9 Å². The number of aliphatic hydroxyl groups excluding tert-OH is 1. The summed E-state index contributed by atoms with van der Waals surface area (Å²) in [6.45, 7) is 1.29. The van der Waals surface area contributed by atoms with Gasteiger partial charge in [0, 0.05) is 29.1 Å². The van der Waals surface area contributed by atoms with Gasteiger partial charge in [-0.15, -0.1) is 0 Å². The molecule has 2 saturated carbocycles. The Bertz CT molecular complexity index is 409. The van der Waals surface area contributed by atoms with E-state index in [4.69, 9.17) is 0 Å². The van der Waals surface area contributed by atoms with Crippen LogP contribution in [0.25, 0.3) is 0 Å². The van der Waals surface area contributed by atoms with Gasteiger partial charge in [-0.05, 0) is 49.3 Å². The van der Waals surface area contributed by atoms with Gasteiger partial charge in [0.25, 0.3) is 0 Å². The number of benzene rings is 1. The molecule has 0 aliphatic heterocycles. The smallest absolute Gasteiger partial charge is 0.0499 e. The zero-order chi connectivity index (χ0) is 12.6. The molecule has 98 valence electrons. The third kappa shape index (κ3) is 2.79. The highest BCUT2D eigenvalue weighted by Crippen LogP contribution is 2.46. The van der Waals surface area contributed by atoms with E-state index in [1.54, 1.807) is 0 Å². The van der Waals surface area contributed by atoms with Crippen molar-refractivity contribution >= 4 is 15.9 Å². The lowest BCUT2D eigenvalue weighted by atomic mass is 10.0. The summed E-state index contributed by atoms with van der Waals surface area (Å²) in [7, 11) is 0. The highest BCUT2D eigenvalue weighted by atomic mass is 79.9. The van der Waals surface area contributed by atoms with Crippen molar-refractivity contribution in [3.63, 3.8) is 0 Å². The standard InChI is InChI=1S/C15H20BrNO/c16-13-5-3-12(4-6-13)14(11-1-2-11)17-9-15(10-18)7-8-15/h3-6,11,14,17-18H,1-2,7-10H2. The molecule has 18 heavy (non-hydrogen) atoms. The lowest BCUT2D eigenvalue weighted by molar-refractivity contribution is 0.202. The van der Waals surface area contributed by atoms with Crippen LogP contribution in [0.15, 0.2) is 28.7 Å². The van der Waals surface area contributed by atoms with Gasteiger partial charge in [-0.3, -0.25) is 0 Å². The van der Waals surface area contributed by atoms with E-state index in [-0.39, 0.29) is 5.41 Å². The van der Waals surface area contributed by atoms with E-state index in [1.807, 2.05) is 0 Å². The molecule has 0 amide bonds. The second kappa shape index (κ2) is 4.95. The van der Waals surface area contributed by atoms with Crippen LogP contribution in [0.4, 0.5) is 0 Å². The van der Waals surface area contributed by atoms with Crippen LogP contribution in [0, 0.1) is 11.3 Å². The molecule has 2 aliphatic rings. The van der Waals surface area contributed by atoms with Crippen molar-refractivity contribution in [3.05, 3.63) is 34.3 Å². The molecule has 0 spiro atoms. The first-order valence-corrected chi connectivity index (χ1v) is 7.61. The Kier molecular flexibility index (Phi) is 3.48. The van der Waals surface area contributed by atoms with Gasteiger partial charge in [0.15, 0.2) is 0 Å². The van der Waals surface area contributed by atoms with Crippen molar-refractivity contribution < 1.29 is 5.11 Å². The fourth-order valence-electron chi connectivity index (χ4n) is 2.55. The fourth-order valence-corrected chi connectivity index (χ4v) is 2.81. The summed E-state index contributed by atoms with van der Waals surface area (Å²) in [6.07, 6.45) is 5.02. The second-order valence-electron chi connectivity index (χ2n) is 5.91. The molecule has 1 aromatic rings. The second-order valence-corrected chi connectivity index (χ2v) is 6.82. The summed E-state index contributed by atoms with van der Waals surface area (Å²) < 4.78 is 1.13. The lowest BCUT2D eigenvalue weighted by Crippen LogP contribution is -2.31. The Morgan fingerprint density at radius 2 is 1.94 bits per heavy atom. The van der Waals surface area contributed by atoms with E-state index in [0.717, 1.165) is 16.9 Å². The maximum atomic E-state index is 9.38. The van der Waals surface area contributed by atoms with Crippen LogP contribution < -0.4 is 5.32 Å². The molecule has 1 unspecified atom stereocenters. The minimum atomic E-state index is 0.197. The number of nitrogens with one attached hydrogen (secondary N) is 1. The molecule has 3 heteroatoms. The summed E-state index contributed by atoms with van der Waals surface area (Å²) in [4.78, 5) is 0. The highest BCUT2D eigenvalue weighted by molar-refractivity contribution is 9.10. The molecule has 1 aromatic carbocycles. The average molecular weight is 310 g/mol. The largest absolute Gasteiger partial charge is 0.396 e. The molecular weight excluding hydrogens is 290 g/mol. The number of halogens is 1. The molecule has 0 heterocycles. The molecule has 1 atom stereocenters. The third-order valence-corrected chi connectivity index (χ3v) is 4.84. The van der Waals surface area contributed by atoms with Crippen LogP contribution in [0.1, 0.15) is 37.3 Å². The first kappa shape index (κ1) is 12.6. The number of hydrogen-bond acceptors (Lipinski definition) is 2. The zero-order valence-corrected chi connectivity index (χ0v) is 12.1. The molecule has 0 radical (unpaired) electrons. The van der Waals surface area contributed by atoms with Crippen molar-refractivity contribution in [2.24, 2.45) is 11.3 Å². The first-order chi connectivity index (χ1) is 8.72. The summed E-state index contributed by atoms with van der Waals surface area (Å²) in [5, 5.41) is 13.1.